The molecule has 2 rings (SSSR count). The lowest BCUT2D eigenvalue weighted by Crippen LogP contribution is -2.29. The second-order valence-corrected chi connectivity index (χ2v) is 5.72. The molecule has 2 amide bonds. The fourth-order valence-electron chi connectivity index (χ4n) is 2.62. The highest BCUT2D eigenvalue weighted by molar-refractivity contribution is 5.88. The van der Waals surface area contributed by atoms with Gasteiger partial charge in [0.05, 0.1) is 0 Å². The fourth-order valence-corrected chi connectivity index (χ4v) is 2.62. The molecule has 1 saturated carbocycles. The SMILES string of the molecule is CC1(c2cc(NC(=O)NCCCC(=O)O)no2)CCCC1. The third kappa shape index (κ3) is 4.21. The molecule has 1 fully saturated rings. The molecule has 21 heavy (non-hydrogen) atoms. The lowest BCUT2D eigenvalue weighted by Gasteiger charge is -2.18. The van der Waals surface area contributed by atoms with Gasteiger partial charge in [-0.25, -0.2) is 4.79 Å². The number of amides is 2. The van der Waals surface area contributed by atoms with Gasteiger partial charge in [-0.1, -0.05) is 24.9 Å². The van der Waals surface area contributed by atoms with Gasteiger partial charge in [0.1, 0.15) is 5.76 Å². The van der Waals surface area contributed by atoms with Gasteiger partial charge in [-0.3, -0.25) is 10.1 Å². The van der Waals surface area contributed by atoms with Crippen LogP contribution in [0.3, 0.4) is 0 Å². The van der Waals surface area contributed by atoms with Crippen LogP contribution in [0, 0.1) is 0 Å². The van der Waals surface area contributed by atoms with Crippen molar-refractivity contribution in [1.29, 1.82) is 0 Å². The maximum absolute atomic E-state index is 11.6. The smallest absolute Gasteiger partial charge is 0.320 e. The van der Waals surface area contributed by atoms with Crippen LogP contribution in [0.2, 0.25) is 0 Å². The van der Waals surface area contributed by atoms with E-state index in [0.29, 0.717) is 18.8 Å². The molecule has 1 aromatic heterocycles. The van der Waals surface area contributed by atoms with Crippen molar-refractivity contribution >= 4 is 17.8 Å². The van der Waals surface area contributed by atoms with Gasteiger partial charge in [0, 0.05) is 24.4 Å². The average Bonchev–Trinajstić information content (AvgIpc) is 3.05. The Morgan fingerprint density at radius 2 is 2.14 bits per heavy atom. The minimum absolute atomic E-state index is 0.0187. The first-order valence-corrected chi connectivity index (χ1v) is 7.23. The zero-order valence-corrected chi connectivity index (χ0v) is 12.1. The van der Waals surface area contributed by atoms with Crippen molar-refractivity contribution in [2.75, 3.05) is 11.9 Å². The minimum Gasteiger partial charge on any atom is -0.481 e. The Hall–Kier alpha value is -2.05. The number of nitrogens with zero attached hydrogens (tertiary/aromatic N) is 1. The maximum atomic E-state index is 11.6. The first kappa shape index (κ1) is 15.3. The number of anilines is 1. The lowest BCUT2D eigenvalue weighted by atomic mass is 9.86. The van der Waals surface area contributed by atoms with Crippen LogP contribution in [0.15, 0.2) is 10.6 Å². The van der Waals surface area contributed by atoms with E-state index in [-0.39, 0.29) is 11.8 Å². The molecule has 0 aromatic carbocycles. The van der Waals surface area contributed by atoms with Crippen LogP contribution in [0.25, 0.3) is 0 Å². The van der Waals surface area contributed by atoms with Gasteiger partial charge < -0.3 is 14.9 Å². The largest absolute Gasteiger partial charge is 0.481 e. The number of hydrogen-bond acceptors (Lipinski definition) is 4. The van der Waals surface area contributed by atoms with Crippen molar-refractivity contribution in [3.63, 3.8) is 0 Å². The van der Waals surface area contributed by atoms with Crippen molar-refractivity contribution in [3.8, 4) is 0 Å². The number of hydrogen-bond donors (Lipinski definition) is 3. The van der Waals surface area contributed by atoms with Gasteiger partial charge >= 0.3 is 12.0 Å². The number of carbonyl (C=O) groups is 2. The Labute approximate surface area is 123 Å². The number of rotatable bonds is 6. The van der Waals surface area contributed by atoms with Crippen LogP contribution in [-0.2, 0) is 10.2 Å². The summed E-state index contributed by atoms with van der Waals surface area (Å²) in [5, 5.41) is 17.5. The highest BCUT2D eigenvalue weighted by Crippen LogP contribution is 2.41. The number of aliphatic carboxylic acids is 1. The molecule has 0 atom stereocenters. The number of nitrogens with one attached hydrogen (secondary N) is 2. The molecule has 0 saturated heterocycles. The van der Waals surface area contributed by atoms with Crippen LogP contribution in [0.1, 0.15) is 51.2 Å². The molecule has 7 nitrogen and oxygen atoms in total. The molecule has 0 spiro atoms. The molecule has 1 aliphatic carbocycles. The number of urea groups is 1. The molecule has 1 aromatic rings. The Balaban J connectivity index is 1.79. The molecule has 0 bridgehead atoms. The molecule has 116 valence electrons. The van der Waals surface area contributed by atoms with E-state index in [1.165, 1.54) is 12.8 Å². The molecule has 0 unspecified atom stereocenters. The predicted molar refractivity (Wildman–Crippen MR) is 76.2 cm³/mol. The van der Waals surface area contributed by atoms with Gasteiger partial charge in [0.25, 0.3) is 0 Å². The number of aromatic nitrogens is 1. The van der Waals surface area contributed by atoms with E-state index in [9.17, 15) is 9.59 Å². The van der Waals surface area contributed by atoms with E-state index in [2.05, 4.69) is 22.7 Å². The Morgan fingerprint density at radius 1 is 1.43 bits per heavy atom. The summed E-state index contributed by atoms with van der Waals surface area (Å²) in [6.07, 6.45) is 4.94. The molecule has 1 heterocycles. The minimum atomic E-state index is -0.872. The third-order valence-corrected chi connectivity index (χ3v) is 3.91. The Bertz CT molecular complexity index is 506. The van der Waals surface area contributed by atoms with Gasteiger partial charge in [0.15, 0.2) is 5.82 Å². The highest BCUT2D eigenvalue weighted by atomic mass is 16.5. The lowest BCUT2D eigenvalue weighted by molar-refractivity contribution is -0.137. The summed E-state index contributed by atoms with van der Waals surface area (Å²) in [6.45, 7) is 2.46. The first-order chi connectivity index (χ1) is 9.99. The van der Waals surface area contributed by atoms with Crippen molar-refractivity contribution in [1.82, 2.24) is 10.5 Å². The number of carboxylic acids is 1. The second kappa shape index (κ2) is 6.60. The molecule has 7 heteroatoms. The Kier molecular flexibility index (Phi) is 4.82. The summed E-state index contributed by atoms with van der Waals surface area (Å²) >= 11 is 0. The van der Waals surface area contributed by atoms with Crippen molar-refractivity contribution in [3.05, 3.63) is 11.8 Å². The Morgan fingerprint density at radius 3 is 2.81 bits per heavy atom. The van der Waals surface area contributed by atoms with Crippen LogP contribution >= 0.6 is 0 Å². The fraction of sp³-hybridized carbons (Fsp3) is 0.643. The topological polar surface area (TPSA) is 104 Å². The third-order valence-electron chi connectivity index (χ3n) is 3.91. The molecule has 1 aliphatic rings. The monoisotopic (exact) mass is 295 g/mol. The van der Waals surface area contributed by atoms with Crippen LogP contribution in [0.4, 0.5) is 10.6 Å². The summed E-state index contributed by atoms with van der Waals surface area (Å²) < 4.78 is 5.34. The zero-order valence-electron chi connectivity index (χ0n) is 12.1. The molecule has 0 aliphatic heterocycles. The van der Waals surface area contributed by atoms with Crippen molar-refractivity contribution < 1.29 is 19.2 Å². The van der Waals surface area contributed by atoms with Crippen molar-refractivity contribution in [2.45, 2.75) is 50.9 Å². The van der Waals surface area contributed by atoms with Crippen LogP contribution < -0.4 is 10.6 Å². The van der Waals surface area contributed by atoms with Crippen LogP contribution in [0.5, 0.6) is 0 Å². The second-order valence-electron chi connectivity index (χ2n) is 5.72. The summed E-state index contributed by atoms with van der Waals surface area (Å²) in [4.78, 5) is 22.0. The van der Waals surface area contributed by atoms with E-state index >= 15 is 0 Å². The van der Waals surface area contributed by atoms with E-state index in [1.54, 1.807) is 6.07 Å². The summed E-state index contributed by atoms with van der Waals surface area (Å²) in [7, 11) is 0. The number of carbonyl (C=O) groups excluding carboxylic acids is 1. The molecular weight excluding hydrogens is 274 g/mol. The standard InChI is InChI=1S/C14H21N3O4/c1-14(6-2-3-7-14)10-9-11(17-21-10)16-13(20)15-8-4-5-12(18)19/h9H,2-8H2,1H3,(H,18,19)(H2,15,16,17,20). The zero-order chi connectivity index (χ0) is 15.3. The summed E-state index contributed by atoms with van der Waals surface area (Å²) in [6, 6.07) is 1.36. The molecule has 3 N–H and O–H groups in total. The molecular formula is C14H21N3O4. The quantitative estimate of drug-likeness (QED) is 0.699. The average molecular weight is 295 g/mol. The van der Waals surface area contributed by atoms with Crippen LogP contribution in [-0.4, -0.2) is 28.8 Å². The summed E-state index contributed by atoms with van der Waals surface area (Å²) in [5.41, 5.74) is 0.0187. The predicted octanol–water partition coefficient (Wildman–Crippen LogP) is 2.49. The number of carboxylic acid groups (broad SMARTS) is 1. The molecule has 0 radical (unpaired) electrons. The van der Waals surface area contributed by atoms with Gasteiger partial charge in [-0.15, -0.1) is 0 Å². The van der Waals surface area contributed by atoms with E-state index in [0.717, 1.165) is 18.6 Å². The van der Waals surface area contributed by atoms with E-state index in [1.807, 2.05) is 0 Å². The summed E-state index contributed by atoms with van der Waals surface area (Å²) in [5.74, 6) is 0.318. The maximum Gasteiger partial charge on any atom is 0.320 e. The van der Waals surface area contributed by atoms with Gasteiger partial charge in [-0.2, -0.15) is 0 Å². The van der Waals surface area contributed by atoms with Crippen molar-refractivity contribution in [2.24, 2.45) is 0 Å². The van der Waals surface area contributed by atoms with Gasteiger partial charge in [-0.05, 0) is 19.3 Å². The highest BCUT2D eigenvalue weighted by Gasteiger charge is 2.34. The normalized spacial score (nSPS) is 16.6. The van der Waals surface area contributed by atoms with Gasteiger partial charge in [0.2, 0.25) is 0 Å². The first-order valence-electron chi connectivity index (χ1n) is 7.23. The van der Waals surface area contributed by atoms with E-state index < -0.39 is 12.0 Å². The van der Waals surface area contributed by atoms with E-state index in [4.69, 9.17) is 9.63 Å².